The van der Waals surface area contributed by atoms with Crippen molar-refractivity contribution in [3.63, 3.8) is 0 Å². The second-order valence-electron chi connectivity index (χ2n) is 15.3. The van der Waals surface area contributed by atoms with Crippen LogP contribution in [0.2, 0.25) is 0 Å². The molecule has 16 heteroatoms. The van der Waals surface area contributed by atoms with Crippen LogP contribution in [0.15, 0.2) is 24.3 Å². The number of nitrogens with zero attached hydrogens (tertiary/aromatic N) is 2. The summed E-state index contributed by atoms with van der Waals surface area (Å²) in [4.78, 5) is 95.3. The Morgan fingerprint density at radius 3 is 1.94 bits per heavy atom. The van der Waals surface area contributed by atoms with Crippen LogP contribution in [0.3, 0.4) is 0 Å². The van der Waals surface area contributed by atoms with Crippen molar-refractivity contribution in [2.75, 3.05) is 19.6 Å². The summed E-state index contributed by atoms with van der Waals surface area (Å²) in [5, 5.41) is 30.2. The molecular weight excluding hydrogens is 698 g/mol. The molecule has 0 aromatic heterocycles. The highest BCUT2D eigenvalue weighted by atomic mass is 16.4. The Balaban J connectivity index is 1.76. The third-order valence-electron chi connectivity index (χ3n) is 10.2. The van der Waals surface area contributed by atoms with E-state index in [1.54, 1.807) is 26.0 Å². The van der Waals surface area contributed by atoms with Crippen LogP contribution in [0.1, 0.15) is 85.6 Å². The van der Waals surface area contributed by atoms with Crippen LogP contribution in [0.25, 0.3) is 0 Å². The van der Waals surface area contributed by atoms with Gasteiger partial charge in [-0.05, 0) is 67.6 Å². The number of carbonyl (C=O) groups excluding carboxylic acids is 6. The van der Waals surface area contributed by atoms with E-state index in [2.05, 4.69) is 21.3 Å². The average molecular weight is 758 g/mol. The van der Waals surface area contributed by atoms with E-state index in [9.17, 15) is 43.8 Å². The fourth-order valence-electron chi connectivity index (χ4n) is 6.84. The summed E-state index contributed by atoms with van der Waals surface area (Å²) in [5.41, 5.74) is 6.62. The SMILES string of the molecule is CC[C@H](C)[C@H](N)C(=O)NCC(=O)N[C@@H](Cc1ccc(O)cc1)C(=O)N1CCC[C@H]1C(=O)N[C@H](C(=O)N[C@@H](CC(C)C)C(=O)N1CCC[C@H]1C(=O)O)C(C)C. The molecule has 54 heavy (non-hydrogen) atoms. The van der Waals surface area contributed by atoms with Gasteiger partial charge in [-0.2, -0.15) is 0 Å². The molecular formula is C38H59N7O9. The quantitative estimate of drug-likeness (QED) is 0.110. The summed E-state index contributed by atoms with van der Waals surface area (Å²) in [6.45, 7) is 11.0. The molecule has 2 aliphatic heterocycles. The van der Waals surface area contributed by atoms with Crippen LogP contribution in [0, 0.1) is 17.8 Å². The molecule has 2 saturated heterocycles. The Hall–Kier alpha value is -4.73. The largest absolute Gasteiger partial charge is 0.508 e. The zero-order valence-electron chi connectivity index (χ0n) is 32.3. The van der Waals surface area contributed by atoms with Crippen molar-refractivity contribution < 1.29 is 43.8 Å². The first-order valence-corrected chi connectivity index (χ1v) is 19.0. The van der Waals surface area contributed by atoms with Crippen LogP contribution in [-0.4, -0.2) is 117 Å². The number of amides is 6. The van der Waals surface area contributed by atoms with Crippen molar-refractivity contribution >= 4 is 41.4 Å². The summed E-state index contributed by atoms with van der Waals surface area (Å²) in [5.74, 6) is -4.96. The Kier molecular flexibility index (Phi) is 16.2. The van der Waals surface area contributed by atoms with E-state index >= 15 is 0 Å². The second-order valence-corrected chi connectivity index (χ2v) is 15.3. The van der Waals surface area contributed by atoms with Crippen LogP contribution < -0.4 is 27.0 Å². The zero-order chi connectivity index (χ0) is 40.3. The molecule has 0 aliphatic carbocycles. The minimum Gasteiger partial charge on any atom is -0.508 e. The standard InChI is InChI=1S/C38H59N7O9/c1-7-23(6)31(39)34(49)40-20-30(47)41-27(19-24-12-14-25(46)15-13-24)37(52)44-16-8-10-28(44)33(48)43-32(22(4)5)35(50)42-26(18-21(2)3)36(51)45-17-9-11-29(45)38(53)54/h12-15,21-23,26-29,31-32,46H,7-11,16-20,39H2,1-6H3,(H,40,49)(H,41,47)(H,42,50)(H,43,48)(H,53,54)/t23-,26-,27-,28-,29-,31-,32-/m0/s1. The number of rotatable bonds is 18. The number of aromatic hydroxyl groups is 1. The normalized spacial score (nSPS) is 19.8. The molecule has 7 atom stereocenters. The van der Waals surface area contributed by atoms with Crippen molar-refractivity contribution in [3.8, 4) is 5.75 Å². The van der Waals surface area contributed by atoms with Gasteiger partial charge in [-0.25, -0.2) is 4.79 Å². The number of nitrogens with one attached hydrogen (secondary N) is 4. The molecule has 0 unspecified atom stereocenters. The molecule has 0 bridgehead atoms. The lowest BCUT2D eigenvalue weighted by atomic mass is 9.99. The number of carboxylic acid groups (broad SMARTS) is 1. The Morgan fingerprint density at radius 2 is 1.39 bits per heavy atom. The summed E-state index contributed by atoms with van der Waals surface area (Å²) >= 11 is 0. The molecule has 2 heterocycles. The maximum atomic E-state index is 14.1. The smallest absolute Gasteiger partial charge is 0.326 e. The molecule has 16 nitrogen and oxygen atoms in total. The van der Waals surface area contributed by atoms with Gasteiger partial charge in [0.1, 0.15) is 36.0 Å². The van der Waals surface area contributed by atoms with Gasteiger partial charge in [-0.1, -0.05) is 60.1 Å². The third-order valence-corrected chi connectivity index (χ3v) is 10.2. The number of phenols is 1. The maximum absolute atomic E-state index is 14.1. The number of hydrogen-bond donors (Lipinski definition) is 7. The summed E-state index contributed by atoms with van der Waals surface area (Å²) in [6.07, 6.45) is 2.61. The number of likely N-dealkylation sites (tertiary alicyclic amines) is 2. The summed E-state index contributed by atoms with van der Waals surface area (Å²) in [7, 11) is 0. The van der Waals surface area contributed by atoms with Crippen molar-refractivity contribution in [2.45, 2.75) is 123 Å². The average Bonchev–Trinajstić information content (AvgIpc) is 3.82. The Labute approximate surface area is 317 Å². The number of nitrogens with two attached hydrogens (primary N) is 1. The lowest BCUT2D eigenvalue weighted by Crippen LogP contribution is -2.60. The minimum atomic E-state index is -1.14. The molecule has 2 fully saturated rings. The number of carbonyl (C=O) groups is 7. The Bertz CT molecular complexity index is 1500. The first-order chi connectivity index (χ1) is 25.4. The monoisotopic (exact) mass is 757 g/mol. The first-order valence-electron chi connectivity index (χ1n) is 19.0. The third kappa shape index (κ3) is 11.9. The lowest BCUT2D eigenvalue weighted by Gasteiger charge is -2.32. The molecule has 2 aliphatic rings. The van der Waals surface area contributed by atoms with E-state index in [4.69, 9.17) is 5.73 Å². The highest BCUT2D eigenvalue weighted by Gasteiger charge is 2.41. The van der Waals surface area contributed by atoms with Gasteiger partial charge in [0.2, 0.25) is 35.4 Å². The fraction of sp³-hybridized carbons (Fsp3) is 0.658. The topological polar surface area (TPSA) is 241 Å². The first kappa shape index (κ1) is 43.7. The number of aliphatic carboxylic acids is 1. The van der Waals surface area contributed by atoms with E-state index in [1.165, 1.54) is 21.9 Å². The lowest BCUT2D eigenvalue weighted by molar-refractivity contribution is -0.149. The highest BCUT2D eigenvalue weighted by molar-refractivity contribution is 5.97. The van der Waals surface area contributed by atoms with E-state index in [1.807, 2.05) is 27.7 Å². The molecule has 3 rings (SSSR count). The van der Waals surface area contributed by atoms with Gasteiger partial charge in [-0.15, -0.1) is 0 Å². The highest BCUT2D eigenvalue weighted by Crippen LogP contribution is 2.23. The van der Waals surface area contributed by atoms with Gasteiger partial charge < -0.3 is 47.0 Å². The molecule has 1 aromatic carbocycles. The fourth-order valence-corrected chi connectivity index (χ4v) is 6.84. The number of hydrogen-bond acceptors (Lipinski definition) is 9. The van der Waals surface area contributed by atoms with Crippen LogP contribution in [0.5, 0.6) is 5.75 Å². The van der Waals surface area contributed by atoms with Crippen LogP contribution in [-0.2, 0) is 40.0 Å². The molecule has 8 N–H and O–H groups in total. The second kappa shape index (κ2) is 20.1. The zero-order valence-corrected chi connectivity index (χ0v) is 32.3. The van der Waals surface area contributed by atoms with Crippen LogP contribution >= 0.6 is 0 Å². The van der Waals surface area contributed by atoms with Crippen molar-refractivity contribution in [1.82, 2.24) is 31.1 Å². The van der Waals surface area contributed by atoms with E-state index in [0.29, 0.717) is 37.7 Å². The molecule has 0 radical (unpaired) electrons. The molecule has 300 valence electrons. The van der Waals surface area contributed by atoms with Gasteiger partial charge in [-0.3, -0.25) is 28.8 Å². The van der Waals surface area contributed by atoms with Gasteiger partial charge >= 0.3 is 5.97 Å². The minimum absolute atomic E-state index is 0.0103. The van der Waals surface area contributed by atoms with E-state index in [-0.39, 0.29) is 43.5 Å². The van der Waals surface area contributed by atoms with Crippen molar-refractivity contribution in [2.24, 2.45) is 23.5 Å². The number of benzene rings is 1. The van der Waals surface area contributed by atoms with E-state index in [0.717, 1.165) is 0 Å². The van der Waals surface area contributed by atoms with Crippen molar-refractivity contribution in [1.29, 1.82) is 0 Å². The molecule has 0 saturated carbocycles. The van der Waals surface area contributed by atoms with Gasteiger partial charge in [0, 0.05) is 19.5 Å². The van der Waals surface area contributed by atoms with Crippen molar-refractivity contribution in [3.05, 3.63) is 29.8 Å². The Morgan fingerprint density at radius 1 is 0.815 bits per heavy atom. The van der Waals surface area contributed by atoms with E-state index < -0.39 is 90.1 Å². The van der Waals surface area contributed by atoms with Gasteiger partial charge in [0.15, 0.2) is 0 Å². The predicted molar refractivity (Wildman–Crippen MR) is 199 cm³/mol. The van der Waals surface area contributed by atoms with Gasteiger partial charge in [0.25, 0.3) is 0 Å². The number of carboxylic acids is 1. The summed E-state index contributed by atoms with van der Waals surface area (Å²) < 4.78 is 0. The predicted octanol–water partition coefficient (Wildman–Crippen LogP) is 0.647. The van der Waals surface area contributed by atoms with Gasteiger partial charge in [0.05, 0.1) is 12.6 Å². The molecule has 0 spiro atoms. The molecule has 1 aromatic rings. The summed E-state index contributed by atoms with van der Waals surface area (Å²) in [6, 6.07) is 0.161. The van der Waals surface area contributed by atoms with Crippen LogP contribution in [0.4, 0.5) is 0 Å². The number of phenolic OH excluding ortho intramolecular Hbond substituents is 1. The maximum Gasteiger partial charge on any atom is 0.326 e. The molecule has 6 amide bonds.